The molecule has 5 heteroatoms. The number of benzene rings is 1. The Balaban J connectivity index is 2.56. The summed E-state index contributed by atoms with van der Waals surface area (Å²) in [6, 6.07) is 7.79. The van der Waals surface area contributed by atoms with Gasteiger partial charge in [0.25, 0.3) is 5.91 Å². The summed E-state index contributed by atoms with van der Waals surface area (Å²) < 4.78 is 5.58. The monoisotopic (exact) mass is 320 g/mol. The number of nitrogens with one attached hydrogen (secondary N) is 1. The van der Waals surface area contributed by atoms with Crippen LogP contribution < -0.4 is 10.1 Å². The van der Waals surface area contributed by atoms with Gasteiger partial charge in [0.05, 0.1) is 6.54 Å². The molecule has 0 radical (unpaired) electrons. The smallest absolute Gasteiger partial charge is 0.260 e. The number of nitrogens with zero attached hydrogens (tertiary/aromatic N) is 1. The maximum absolute atomic E-state index is 12.2. The van der Waals surface area contributed by atoms with Crippen LogP contribution in [0.1, 0.15) is 46.1 Å². The molecule has 1 N–H and O–H groups in total. The van der Waals surface area contributed by atoms with Crippen LogP contribution in [0.5, 0.6) is 5.75 Å². The van der Waals surface area contributed by atoms with Gasteiger partial charge in [0.1, 0.15) is 5.75 Å². The highest BCUT2D eigenvalue weighted by atomic mass is 16.5. The van der Waals surface area contributed by atoms with Crippen molar-refractivity contribution < 1.29 is 14.3 Å². The lowest BCUT2D eigenvalue weighted by Gasteiger charge is -2.21. The van der Waals surface area contributed by atoms with E-state index in [1.54, 1.807) is 0 Å². The number of amides is 2. The van der Waals surface area contributed by atoms with Gasteiger partial charge in [-0.15, -0.1) is 0 Å². The topological polar surface area (TPSA) is 58.6 Å². The van der Waals surface area contributed by atoms with Crippen LogP contribution in [0, 0.1) is 0 Å². The molecule has 1 rings (SSSR count). The molecule has 2 amide bonds. The molecule has 0 unspecified atom stereocenters. The standard InChI is InChI=1S/C18H28N2O3/c1-6-20(11-17(21)19-14(4)5)18(22)12-23-16-9-7-8-15(10-16)13(2)3/h7-10,13-14H,6,11-12H2,1-5H3,(H,19,21). The Morgan fingerprint density at radius 2 is 1.91 bits per heavy atom. The Morgan fingerprint density at radius 3 is 2.48 bits per heavy atom. The van der Waals surface area contributed by atoms with E-state index in [-0.39, 0.29) is 31.0 Å². The van der Waals surface area contributed by atoms with Gasteiger partial charge in [0.15, 0.2) is 6.61 Å². The van der Waals surface area contributed by atoms with E-state index in [9.17, 15) is 9.59 Å². The van der Waals surface area contributed by atoms with Crippen molar-refractivity contribution in [2.24, 2.45) is 0 Å². The van der Waals surface area contributed by atoms with Crippen LogP contribution in [0.2, 0.25) is 0 Å². The highest BCUT2D eigenvalue weighted by Crippen LogP contribution is 2.20. The summed E-state index contributed by atoms with van der Waals surface area (Å²) in [5, 5.41) is 2.78. The number of carbonyl (C=O) groups excluding carboxylic acids is 2. The number of hydrogen-bond donors (Lipinski definition) is 1. The van der Waals surface area contributed by atoms with Crippen molar-refractivity contribution in [1.82, 2.24) is 10.2 Å². The third-order valence-electron chi connectivity index (χ3n) is 3.41. The second-order valence-corrected chi connectivity index (χ2v) is 6.15. The number of hydrogen-bond acceptors (Lipinski definition) is 3. The van der Waals surface area contributed by atoms with Crippen LogP contribution in [0.15, 0.2) is 24.3 Å². The summed E-state index contributed by atoms with van der Waals surface area (Å²) >= 11 is 0. The fourth-order valence-corrected chi connectivity index (χ4v) is 2.12. The van der Waals surface area contributed by atoms with E-state index in [4.69, 9.17) is 4.74 Å². The second-order valence-electron chi connectivity index (χ2n) is 6.15. The quantitative estimate of drug-likeness (QED) is 0.801. The first-order valence-electron chi connectivity index (χ1n) is 8.13. The van der Waals surface area contributed by atoms with Crippen molar-refractivity contribution in [1.29, 1.82) is 0 Å². The molecule has 0 fully saturated rings. The van der Waals surface area contributed by atoms with E-state index < -0.39 is 0 Å². The van der Waals surface area contributed by atoms with Crippen molar-refractivity contribution in [2.75, 3.05) is 19.7 Å². The molecule has 0 bridgehead atoms. The van der Waals surface area contributed by atoms with Gasteiger partial charge in [-0.25, -0.2) is 0 Å². The Labute approximate surface area is 139 Å². The average Bonchev–Trinajstić information content (AvgIpc) is 2.49. The highest BCUT2D eigenvalue weighted by molar-refractivity contribution is 5.85. The molecular weight excluding hydrogens is 292 g/mol. The number of rotatable bonds is 8. The fourth-order valence-electron chi connectivity index (χ4n) is 2.12. The maximum atomic E-state index is 12.2. The predicted octanol–water partition coefficient (Wildman–Crippen LogP) is 2.56. The molecule has 0 saturated carbocycles. The van der Waals surface area contributed by atoms with Gasteiger partial charge in [0, 0.05) is 12.6 Å². The van der Waals surface area contributed by atoms with Crippen molar-refractivity contribution in [3.05, 3.63) is 29.8 Å². The van der Waals surface area contributed by atoms with Gasteiger partial charge in [-0.2, -0.15) is 0 Å². The second kappa shape index (κ2) is 9.18. The molecule has 128 valence electrons. The predicted molar refractivity (Wildman–Crippen MR) is 91.6 cm³/mol. The van der Waals surface area contributed by atoms with E-state index >= 15 is 0 Å². The third-order valence-corrected chi connectivity index (χ3v) is 3.41. The summed E-state index contributed by atoms with van der Waals surface area (Å²) in [5.74, 6) is 0.728. The molecule has 23 heavy (non-hydrogen) atoms. The summed E-state index contributed by atoms with van der Waals surface area (Å²) in [7, 11) is 0. The van der Waals surface area contributed by atoms with Crippen molar-refractivity contribution >= 4 is 11.8 Å². The van der Waals surface area contributed by atoms with Crippen molar-refractivity contribution in [2.45, 2.75) is 46.6 Å². The van der Waals surface area contributed by atoms with Crippen molar-refractivity contribution in [3.63, 3.8) is 0 Å². The van der Waals surface area contributed by atoms with Gasteiger partial charge in [-0.3, -0.25) is 9.59 Å². The minimum Gasteiger partial charge on any atom is -0.484 e. The van der Waals surface area contributed by atoms with Crippen LogP contribution >= 0.6 is 0 Å². The van der Waals surface area contributed by atoms with Crippen LogP contribution in [-0.2, 0) is 9.59 Å². The van der Waals surface area contributed by atoms with Crippen LogP contribution in [0.4, 0.5) is 0 Å². The largest absolute Gasteiger partial charge is 0.484 e. The minimum atomic E-state index is -0.193. The Kier molecular flexibility index (Phi) is 7.59. The molecule has 0 saturated heterocycles. The molecule has 0 spiro atoms. The molecular formula is C18H28N2O3. The number of likely N-dealkylation sites (N-methyl/N-ethyl adjacent to an activating group) is 1. The van der Waals surface area contributed by atoms with E-state index in [0.29, 0.717) is 18.2 Å². The lowest BCUT2D eigenvalue weighted by Crippen LogP contribution is -2.44. The van der Waals surface area contributed by atoms with Gasteiger partial charge in [-0.1, -0.05) is 26.0 Å². The first-order chi connectivity index (χ1) is 10.8. The third kappa shape index (κ3) is 6.72. The maximum Gasteiger partial charge on any atom is 0.260 e. The van der Waals surface area contributed by atoms with E-state index in [1.165, 1.54) is 10.5 Å². The summed E-state index contributed by atoms with van der Waals surface area (Å²) in [6.45, 7) is 10.3. The zero-order valence-electron chi connectivity index (χ0n) is 14.8. The Hall–Kier alpha value is -2.04. The zero-order chi connectivity index (χ0) is 17.4. The molecule has 0 aliphatic rings. The molecule has 5 nitrogen and oxygen atoms in total. The molecule has 0 atom stereocenters. The lowest BCUT2D eigenvalue weighted by molar-refractivity contribution is -0.137. The van der Waals surface area contributed by atoms with Crippen molar-refractivity contribution in [3.8, 4) is 5.75 Å². The lowest BCUT2D eigenvalue weighted by atomic mass is 10.0. The molecule has 0 heterocycles. The molecule has 0 aromatic heterocycles. The van der Waals surface area contributed by atoms with Crippen LogP contribution in [0.3, 0.4) is 0 Å². The van der Waals surface area contributed by atoms with E-state index in [2.05, 4.69) is 19.2 Å². The number of ether oxygens (including phenoxy) is 1. The van der Waals surface area contributed by atoms with Crippen LogP contribution in [-0.4, -0.2) is 42.5 Å². The van der Waals surface area contributed by atoms with E-state index in [0.717, 1.165) is 0 Å². The Morgan fingerprint density at radius 1 is 1.22 bits per heavy atom. The average molecular weight is 320 g/mol. The normalized spacial score (nSPS) is 10.7. The first-order valence-corrected chi connectivity index (χ1v) is 8.13. The molecule has 0 aliphatic heterocycles. The number of carbonyl (C=O) groups is 2. The summed E-state index contributed by atoms with van der Waals surface area (Å²) in [4.78, 5) is 25.5. The van der Waals surface area contributed by atoms with E-state index in [1.807, 2.05) is 45.0 Å². The van der Waals surface area contributed by atoms with Gasteiger partial charge >= 0.3 is 0 Å². The minimum absolute atomic E-state index is 0.0584. The summed E-state index contributed by atoms with van der Waals surface area (Å²) in [6.07, 6.45) is 0. The van der Waals surface area contributed by atoms with Crippen LogP contribution in [0.25, 0.3) is 0 Å². The van der Waals surface area contributed by atoms with Gasteiger partial charge < -0.3 is 15.0 Å². The SMILES string of the molecule is CCN(CC(=O)NC(C)C)C(=O)COc1cccc(C(C)C)c1. The Bertz CT molecular complexity index is 527. The highest BCUT2D eigenvalue weighted by Gasteiger charge is 2.16. The molecule has 1 aromatic rings. The first kappa shape index (κ1) is 19.0. The summed E-state index contributed by atoms with van der Waals surface area (Å²) in [5.41, 5.74) is 1.17. The van der Waals surface area contributed by atoms with Gasteiger partial charge in [-0.05, 0) is 44.4 Å². The fraction of sp³-hybridized carbons (Fsp3) is 0.556. The molecule has 0 aliphatic carbocycles. The zero-order valence-corrected chi connectivity index (χ0v) is 14.8. The molecule has 1 aromatic carbocycles. The van der Waals surface area contributed by atoms with Gasteiger partial charge in [0.2, 0.25) is 5.91 Å².